The normalized spacial score (nSPS) is 16.2. The number of aliphatic carboxylic acids is 1. The standard InChI is InChI=1S/C14H12N4O4/c1-22-13(21)9-4-2-8(3-5-9)11-6-10(12(19)20)16-14-17-15-7-18(11)14/h2-7,11H,1H3,(H,16,17)(H,19,20). The van der Waals surface area contributed by atoms with Gasteiger partial charge in [-0.2, -0.15) is 0 Å². The topological polar surface area (TPSA) is 106 Å². The molecule has 8 heteroatoms. The largest absolute Gasteiger partial charge is 0.477 e. The molecular formula is C14H12N4O4. The lowest BCUT2D eigenvalue weighted by Crippen LogP contribution is -2.23. The zero-order valence-electron chi connectivity index (χ0n) is 11.6. The Bertz CT molecular complexity index is 763. The van der Waals surface area contributed by atoms with E-state index >= 15 is 0 Å². The maximum atomic E-state index is 11.5. The van der Waals surface area contributed by atoms with Crippen molar-refractivity contribution in [1.82, 2.24) is 14.8 Å². The number of benzene rings is 1. The molecule has 1 atom stereocenters. The van der Waals surface area contributed by atoms with Crippen LogP contribution in [0.25, 0.3) is 0 Å². The van der Waals surface area contributed by atoms with Gasteiger partial charge in [0.2, 0.25) is 5.95 Å². The number of carboxylic acids is 1. The van der Waals surface area contributed by atoms with E-state index in [2.05, 4.69) is 20.3 Å². The van der Waals surface area contributed by atoms with E-state index in [-0.39, 0.29) is 11.7 Å². The molecule has 1 aromatic carbocycles. The summed E-state index contributed by atoms with van der Waals surface area (Å²) in [6, 6.07) is 6.36. The summed E-state index contributed by atoms with van der Waals surface area (Å²) in [7, 11) is 1.31. The van der Waals surface area contributed by atoms with Crippen LogP contribution in [0.15, 0.2) is 42.4 Å². The van der Waals surface area contributed by atoms with Crippen molar-refractivity contribution in [2.45, 2.75) is 6.04 Å². The molecule has 0 bridgehead atoms. The average molecular weight is 300 g/mol. The van der Waals surface area contributed by atoms with Crippen molar-refractivity contribution >= 4 is 17.9 Å². The second kappa shape index (κ2) is 5.32. The lowest BCUT2D eigenvalue weighted by atomic mass is 10.0. The summed E-state index contributed by atoms with van der Waals surface area (Å²) in [5.74, 6) is -1.16. The van der Waals surface area contributed by atoms with Crippen LogP contribution < -0.4 is 5.32 Å². The van der Waals surface area contributed by atoms with E-state index in [1.807, 2.05) is 0 Å². The zero-order valence-corrected chi connectivity index (χ0v) is 11.6. The molecule has 0 saturated heterocycles. The Labute approximate surface area is 125 Å². The summed E-state index contributed by atoms with van der Waals surface area (Å²) in [6.07, 6.45) is 3.07. The minimum atomic E-state index is -1.08. The molecule has 2 N–H and O–H groups in total. The first kappa shape index (κ1) is 13.8. The van der Waals surface area contributed by atoms with E-state index in [0.717, 1.165) is 5.56 Å². The van der Waals surface area contributed by atoms with Crippen LogP contribution in [0.1, 0.15) is 22.0 Å². The minimum absolute atomic E-state index is 0.0301. The number of nitrogens with one attached hydrogen (secondary N) is 1. The number of carboxylic acid groups (broad SMARTS) is 1. The van der Waals surface area contributed by atoms with Crippen LogP contribution in [0.4, 0.5) is 5.95 Å². The van der Waals surface area contributed by atoms with Crippen LogP contribution in [0, 0.1) is 0 Å². The number of aromatic nitrogens is 3. The number of rotatable bonds is 3. The van der Waals surface area contributed by atoms with Gasteiger partial charge < -0.3 is 15.2 Å². The highest BCUT2D eigenvalue weighted by Crippen LogP contribution is 2.28. The number of hydrogen-bond donors (Lipinski definition) is 2. The number of fused-ring (bicyclic) bond motifs is 1. The molecule has 8 nitrogen and oxygen atoms in total. The van der Waals surface area contributed by atoms with E-state index in [9.17, 15) is 9.59 Å². The van der Waals surface area contributed by atoms with Gasteiger partial charge >= 0.3 is 11.9 Å². The molecule has 1 aliphatic rings. The summed E-state index contributed by atoms with van der Waals surface area (Å²) in [5.41, 5.74) is 1.25. The first-order chi connectivity index (χ1) is 10.6. The van der Waals surface area contributed by atoms with Crippen molar-refractivity contribution in [2.24, 2.45) is 0 Å². The molecule has 0 amide bonds. The zero-order chi connectivity index (χ0) is 15.7. The third-order valence-electron chi connectivity index (χ3n) is 3.35. The molecule has 1 aliphatic heterocycles. The fourth-order valence-electron chi connectivity index (χ4n) is 2.25. The van der Waals surface area contributed by atoms with E-state index in [1.54, 1.807) is 34.9 Å². The van der Waals surface area contributed by atoms with Crippen LogP contribution in [0.2, 0.25) is 0 Å². The Morgan fingerprint density at radius 2 is 2.05 bits per heavy atom. The van der Waals surface area contributed by atoms with Crippen molar-refractivity contribution < 1.29 is 19.4 Å². The van der Waals surface area contributed by atoms with Gasteiger partial charge in [0.1, 0.15) is 12.0 Å². The Kier molecular flexibility index (Phi) is 3.34. The molecule has 0 spiro atoms. The summed E-state index contributed by atoms with van der Waals surface area (Å²) >= 11 is 0. The smallest absolute Gasteiger partial charge is 0.352 e. The number of methoxy groups -OCH3 is 1. The third-order valence-corrected chi connectivity index (χ3v) is 3.35. The van der Waals surface area contributed by atoms with Crippen molar-refractivity contribution in [3.8, 4) is 0 Å². The summed E-state index contributed by atoms with van der Waals surface area (Å²) in [5, 5.41) is 19.5. The second-order valence-electron chi connectivity index (χ2n) is 4.63. The van der Waals surface area contributed by atoms with Crippen molar-refractivity contribution in [3.05, 3.63) is 53.5 Å². The molecule has 0 saturated carbocycles. The number of allylic oxidation sites excluding steroid dienone is 1. The first-order valence-corrected chi connectivity index (χ1v) is 6.40. The number of esters is 1. The van der Waals surface area contributed by atoms with Gasteiger partial charge in [-0.1, -0.05) is 12.1 Å². The van der Waals surface area contributed by atoms with Crippen LogP contribution in [0.5, 0.6) is 0 Å². The van der Waals surface area contributed by atoms with Crippen LogP contribution in [-0.2, 0) is 9.53 Å². The van der Waals surface area contributed by atoms with Gasteiger partial charge in [-0.05, 0) is 23.8 Å². The van der Waals surface area contributed by atoms with Crippen LogP contribution >= 0.6 is 0 Å². The molecule has 1 unspecified atom stereocenters. The fraction of sp³-hybridized carbons (Fsp3) is 0.143. The van der Waals surface area contributed by atoms with Crippen LogP contribution in [0.3, 0.4) is 0 Å². The quantitative estimate of drug-likeness (QED) is 0.816. The third kappa shape index (κ3) is 2.30. The Morgan fingerprint density at radius 3 is 2.68 bits per heavy atom. The molecule has 2 heterocycles. The van der Waals surface area contributed by atoms with Crippen molar-refractivity contribution in [2.75, 3.05) is 12.4 Å². The van der Waals surface area contributed by atoms with E-state index in [1.165, 1.54) is 13.4 Å². The fourth-order valence-corrected chi connectivity index (χ4v) is 2.25. The number of carbonyl (C=O) groups excluding carboxylic acids is 1. The lowest BCUT2D eigenvalue weighted by Gasteiger charge is -2.23. The maximum Gasteiger partial charge on any atom is 0.352 e. The van der Waals surface area contributed by atoms with Gasteiger partial charge in [-0.25, -0.2) is 9.59 Å². The maximum absolute atomic E-state index is 11.5. The van der Waals surface area contributed by atoms with Gasteiger partial charge in [0.15, 0.2) is 0 Å². The Balaban J connectivity index is 2.00. The molecular weight excluding hydrogens is 288 g/mol. The van der Waals surface area contributed by atoms with Crippen molar-refractivity contribution in [1.29, 1.82) is 0 Å². The first-order valence-electron chi connectivity index (χ1n) is 6.40. The van der Waals surface area contributed by atoms with Gasteiger partial charge in [0, 0.05) is 0 Å². The van der Waals surface area contributed by atoms with E-state index in [0.29, 0.717) is 11.5 Å². The highest BCUT2D eigenvalue weighted by atomic mass is 16.5. The second-order valence-corrected chi connectivity index (χ2v) is 4.63. The van der Waals surface area contributed by atoms with E-state index in [4.69, 9.17) is 5.11 Å². The number of ether oxygens (including phenoxy) is 1. The highest BCUT2D eigenvalue weighted by Gasteiger charge is 2.25. The van der Waals surface area contributed by atoms with Gasteiger partial charge in [0.25, 0.3) is 0 Å². The molecule has 3 rings (SSSR count). The van der Waals surface area contributed by atoms with Crippen LogP contribution in [-0.4, -0.2) is 38.9 Å². The summed E-state index contributed by atoms with van der Waals surface area (Å²) < 4.78 is 6.36. The Hall–Kier alpha value is -3.16. The highest BCUT2D eigenvalue weighted by molar-refractivity contribution is 5.90. The number of hydrogen-bond acceptors (Lipinski definition) is 6. The molecule has 0 radical (unpaired) electrons. The summed E-state index contributed by atoms with van der Waals surface area (Å²) in [6.45, 7) is 0. The SMILES string of the molecule is COC(=O)c1ccc(C2C=C(C(=O)O)Nc3nncn32)cc1. The molecule has 112 valence electrons. The van der Waals surface area contributed by atoms with Gasteiger partial charge in [-0.3, -0.25) is 4.57 Å². The molecule has 2 aromatic rings. The van der Waals surface area contributed by atoms with E-state index < -0.39 is 11.9 Å². The van der Waals surface area contributed by atoms with Gasteiger partial charge in [0.05, 0.1) is 18.7 Å². The molecule has 0 aliphatic carbocycles. The predicted molar refractivity (Wildman–Crippen MR) is 75.3 cm³/mol. The molecule has 0 fully saturated rings. The molecule has 22 heavy (non-hydrogen) atoms. The lowest BCUT2D eigenvalue weighted by molar-refractivity contribution is -0.132. The predicted octanol–water partition coefficient (Wildman–Crippen LogP) is 1.05. The summed E-state index contributed by atoms with van der Waals surface area (Å²) in [4.78, 5) is 22.6. The monoisotopic (exact) mass is 300 g/mol. The average Bonchev–Trinajstić information content (AvgIpc) is 3.01. The Morgan fingerprint density at radius 1 is 1.32 bits per heavy atom. The van der Waals surface area contributed by atoms with Gasteiger partial charge in [-0.15, -0.1) is 10.2 Å². The number of anilines is 1. The number of carbonyl (C=O) groups is 2. The van der Waals surface area contributed by atoms with Crippen molar-refractivity contribution in [3.63, 3.8) is 0 Å². The minimum Gasteiger partial charge on any atom is -0.477 e. The number of nitrogens with zero attached hydrogens (tertiary/aromatic N) is 3. The molecule has 1 aromatic heterocycles.